The second kappa shape index (κ2) is 10.1. The number of benzene rings is 2. The zero-order valence-electron chi connectivity index (χ0n) is 18.3. The van der Waals surface area contributed by atoms with Crippen LogP contribution < -0.4 is 4.74 Å². The Balaban J connectivity index is 1.38. The Morgan fingerprint density at radius 2 is 1.61 bits per heavy atom. The standard InChI is InChI=1S/C27H33F3O/c1-2-3-4-18-5-6-23-16-22(12-11-21(23)15-18)19-7-9-20(10-8-19)24-13-14-26(25(28)17-24)31-27(29)30/h7-10,13-14,17-18,21-23,27H,2-6,11-12,15-16H2,1H3. The predicted molar refractivity (Wildman–Crippen MR) is 119 cm³/mol. The average molecular weight is 431 g/mol. The number of unbranched alkanes of at least 4 members (excludes halogenated alkanes) is 1. The van der Waals surface area contributed by atoms with Crippen molar-refractivity contribution >= 4 is 0 Å². The molecule has 168 valence electrons. The normalized spacial score (nSPS) is 26.0. The molecule has 4 heteroatoms. The van der Waals surface area contributed by atoms with Crippen LogP contribution in [0.15, 0.2) is 42.5 Å². The van der Waals surface area contributed by atoms with E-state index in [1.165, 1.54) is 75.5 Å². The summed E-state index contributed by atoms with van der Waals surface area (Å²) in [7, 11) is 0. The van der Waals surface area contributed by atoms with Crippen molar-refractivity contribution in [1.29, 1.82) is 0 Å². The van der Waals surface area contributed by atoms with Crippen molar-refractivity contribution in [1.82, 2.24) is 0 Å². The molecule has 4 unspecified atom stereocenters. The van der Waals surface area contributed by atoms with E-state index in [0.29, 0.717) is 11.5 Å². The summed E-state index contributed by atoms with van der Waals surface area (Å²) < 4.78 is 42.9. The first-order valence-corrected chi connectivity index (χ1v) is 11.9. The summed E-state index contributed by atoms with van der Waals surface area (Å²) in [6.07, 6.45) is 12.2. The van der Waals surface area contributed by atoms with Crippen LogP contribution in [0.1, 0.15) is 76.2 Å². The highest BCUT2D eigenvalue weighted by Gasteiger charge is 2.35. The second-order valence-electron chi connectivity index (χ2n) is 9.50. The molecule has 4 rings (SSSR count). The van der Waals surface area contributed by atoms with Gasteiger partial charge in [-0.15, -0.1) is 0 Å². The Bertz CT molecular complexity index is 848. The SMILES string of the molecule is CCCCC1CCC2CC(c3ccc(-c4ccc(OC(F)F)c(F)c4)cc3)CCC2C1. The molecule has 2 fully saturated rings. The highest BCUT2D eigenvalue weighted by molar-refractivity contribution is 5.64. The van der Waals surface area contributed by atoms with Crippen LogP contribution in [0.2, 0.25) is 0 Å². The number of hydrogen-bond donors (Lipinski definition) is 0. The first kappa shape index (κ1) is 22.2. The topological polar surface area (TPSA) is 9.23 Å². The molecule has 0 bridgehead atoms. The minimum absolute atomic E-state index is 0.420. The minimum Gasteiger partial charge on any atom is -0.432 e. The maximum atomic E-state index is 14.1. The Kier molecular flexibility index (Phi) is 7.24. The first-order chi connectivity index (χ1) is 15.0. The van der Waals surface area contributed by atoms with Crippen molar-refractivity contribution in [2.45, 2.75) is 77.2 Å². The van der Waals surface area contributed by atoms with Crippen molar-refractivity contribution in [2.75, 3.05) is 0 Å². The summed E-state index contributed by atoms with van der Waals surface area (Å²) >= 11 is 0. The number of halogens is 3. The second-order valence-corrected chi connectivity index (χ2v) is 9.50. The fourth-order valence-corrected chi connectivity index (χ4v) is 5.86. The Labute approximate surface area is 184 Å². The van der Waals surface area contributed by atoms with Gasteiger partial charge >= 0.3 is 6.61 Å². The molecular formula is C27H33F3O. The van der Waals surface area contributed by atoms with Crippen LogP contribution in [-0.2, 0) is 0 Å². The Hall–Kier alpha value is -1.97. The smallest absolute Gasteiger partial charge is 0.387 e. The van der Waals surface area contributed by atoms with Crippen LogP contribution in [0.25, 0.3) is 11.1 Å². The fourth-order valence-electron chi connectivity index (χ4n) is 5.86. The highest BCUT2D eigenvalue weighted by Crippen LogP contribution is 2.48. The number of alkyl halides is 2. The van der Waals surface area contributed by atoms with E-state index < -0.39 is 18.2 Å². The van der Waals surface area contributed by atoms with Gasteiger partial charge in [-0.25, -0.2) is 4.39 Å². The van der Waals surface area contributed by atoms with Crippen molar-refractivity contribution in [3.05, 3.63) is 53.8 Å². The van der Waals surface area contributed by atoms with Gasteiger partial charge in [-0.1, -0.05) is 62.9 Å². The molecule has 0 N–H and O–H groups in total. The molecule has 2 saturated carbocycles. The molecular weight excluding hydrogens is 397 g/mol. The van der Waals surface area contributed by atoms with Crippen LogP contribution in [0, 0.1) is 23.6 Å². The fraction of sp³-hybridized carbons (Fsp3) is 0.556. The molecule has 0 amide bonds. The lowest BCUT2D eigenvalue weighted by molar-refractivity contribution is -0.0521. The summed E-state index contributed by atoms with van der Waals surface area (Å²) in [6, 6.07) is 12.5. The van der Waals surface area contributed by atoms with E-state index in [1.54, 1.807) is 6.07 Å². The maximum absolute atomic E-state index is 14.1. The molecule has 0 aromatic heterocycles. The predicted octanol–water partition coefficient (Wildman–Crippen LogP) is 8.58. The molecule has 2 aliphatic rings. The van der Waals surface area contributed by atoms with Crippen molar-refractivity contribution < 1.29 is 17.9 Å². The number of ether oxygens (including phenoxy) is 1. The van der Waals surface area contributed by atoms with E-state index in [1.807, 2.05) is 12.1 Å². The van der Waals surface area contributed by atoms with Gasteiger partial charge in [0.15, 0.2) is 11.6 Å². The molecule has 2 aliphatic carbocycles. The minimum atomic E-state index is -3.03. The third-order valence-electron chi connectivity index (χ3n) is 7.55. The maximum Gasteiger partial charge on any atom is 0.387 e. The summed E-state index contributed by atoms with van der Waals surface area (Å²) in [4.78, 5) is 0. The third-order valence-corrected chi connectivity index (χ3v) is 7.55. The summed E-state index contributed by atoms with van der Waals surface area (Å²) in [5.74, 6) is 2.16. The van der Waals surface area contributed by atoms with E-state index >= 15 is 0 Å². The van der Waals surface area contributed by atoms with E-state index in [2.05, 4.69) is 23.8 Å². The molecule has 0 aliphatic heterocycles. The largest absolute Gasteiger partial charge is 0.432 e. The Morgan fingerprint density at radius 3 is 2.32 bits per heavy atom. The van der Waals surface area contributed by atoms with Gasteiger partial charge in [-0.2, -0.15) is 8.78 Å². The zero-order chi connectivity index (χ0) is 21.8. The van der Waals surface area contributed by atoms with Crippen molar-refractivity contribution in [2.24, 2.45) is 17.8 Å². The lowest BCUT2D eigenvalue weighted by Gasteiger charge is -2.42. The monoisotopic (exact) mass is 430 g/mol. The van der Waals surface area contributed by atoms with E-state index in [9.17, 15) is 13.2 Å². The molecule has 1 nitrogen and oxygen atoms in total. The van der Waals surface area contributed by atoms with Gasteiger partial charge in [-0.05, 0) is 84.6 Å². The highest BCUT2D eigenvalue weighted by atomic mass is 19.3. The molecule has 31 heavy (non-hydrogen) atoms. The third kappa shape index (κ3) is 5.45. The van der Waals surface area contributed by atoms with E-state index in [4.69, 9.17) is 0 Å². The van der Waals surface area contributed by atoms with Gasteiger partial charge in [0.2, 0.25) is 0 Å². The number of rotatable bonds is 7. The van der Waals surface area contributed by atoms with Gasteiger partial charge in [0.05, 0.1) is 0 Å². The van der Waals surface area contributed by atoms with E-state index in [-0.39, 0.29) is 0 Å². The van der Waals surface area contributed by atoms with Gasteiger partial charge in [-0.3, -0.25) is 0 Å². The van der Waals surface area contributed by atoms with Crippen LogP contribution in [0.5, 0.6) is 5.75 Å². The molecule has 0 heterocycles. The first-order valence-electron chi connectivity index (χ1n) is 11.9. The van der Waals surface area contributed by atoms with Gasteiger partial charge in [0, 0.05) is 0 Å². The van der Waals surface area contributed by atoms with Gasteiger partial charge in [0.25, 0.3) is 0 Å². The Morgan fingerprint density at radius 1 is 0.903 bits per heavy atom. The lowest BCUT2D eigenvalue weighted by atomic mass is 9.63. The van der Waals surface area contributed by atoms with Crippen LogP contribution in [-0.4, -0.2) is 6.61 Å². The van der Waals surface area contributed by atoms with Crippen LogP contribution in [0.4, 0.5) is 13.2 Å². The lowest BCUT2D eigenvalue weighted by Crippen LogP contribution is -2.30. The van der Waals surface area contributed by atoms with Crippen molar-refractivity contribution in [3.63, 3.8) is 0 Å². The van der Waals surface area contributed by atoms with Gasteiger partial charge < -0.3 is 4.74 Å². The number of hydrogen-bond acceptors (Lipinski definition) is 1. The summed E-state index contributed by atoms with van der Waals surface area (Å²) in [5, 5.41) is 0. The molecule has 0 spiro atoms. The number of fused-ring (bicyclic) bond motifs is 1. The summed E-state index contributed by atoms with van der Waals surface area (Å²) in [5.41, 5.74) is 2.92. The van der Waals surface area contributed by atoms with Crippen molar-refractivity contribution in [3.8, 4) is 16.9 Å². The molecule has 0 radical (unpaired) electrons. The molecule has 2 aromatic carbocycles. The molecule has 4 atom stereocenters. The van der Waals surface area contributed by atoms with E-state index in [0.717, 1.165) is 23.3 Å². The van der Waals surface area contributed by atoms with Crippen LogP contribution in [0.3, 0.4) is 0 Å². The van der Waals surface area contributed by atoms with Crippen LogP contribution >= 0.6 is 0 Å². The summed E-state index contributed by atoms with van der Waals surface area (Å²) in [6.45, 7) is -0.740. The quantitative estimate of drug-likeness (QED) is 0.427. The molecule has 2 aromatic rings. The zero-order valence-corrected chi connectivity index (χ0v) is 18.3. The average Bonchev–Trinajstić information content (AvgIpc) is 2.78. The van der Waals surface area contributed by atoms with Gasteiger partial charge in [0.1, 0.15) is 0 Å². The molecule has 0 saturated heterocycles.